The lowest BCUT2D eigenvalue weighted by atomic mass is 9.76. The third-order valence-corrected chi connectivity index (χ3v) is 5.01. The number of aromatic nitrogens is 2. The molecule has 4 nitrogen and oxygen atoms in total. The molecule has 0 aromatic carbocycles. The number of nitrogens with zero attached hydrogens (tertiary/aromatic N) is 2. The number of hydrogen-bond donors (Lipinski definition) is 2. The molecule has 1 aliphatic carbocycles. The molecule has 0 aliphatic heterocycles. The van der Waals surface area contributed by atoms with Crippen LogP contribution in [0.15, 0.2) is 12.3 Å². The Kier molecular flexibility index (Phi) is 6.05. The summed E-state index contributed by atoms with van der Waals surface area (Å²) in [4.78, 5) is 0. The van der Waals surface area contributed by atoms with Crippen LogP contribution in [0.2, 0.25) is 0 Å². The molecule has 1 aromatic rings. The summed E-state index contributed by atoms with van der Waals surface area (Å²) in [6.45, 7) is 2.30. The minimum atomic E-state index is 0.451. The summed E-state index contributed by atoms with van der Waals surface area (Å²) >= 11 is 0. The molecule has 0 spiro atoms. The topological polar surface area (TPSA) is 55.9 Å². The van der Waals surface area contributed by atoms with Gasteiger partial charge in [-0.05, 0) is 43.6 Å². The van der Waals surface area contributed by atoms with Crippen LogP contribution >= 0.6 is 0 Å². The lowest BCUT2D eigenvalue weighted by Crippen LogP contribution is -2.42. The van der Waals surface area contributed by atoms with Gasteiger partial charge in [0.15, 0.2) is 0 Å². The van der Waals surface area contributed by atoms with Gasteiger partial charge in [0.1, 0.15) is 0 Å². The zero-order valence-electron chi connectivity index (χ0n) is 13.0. The molecule has 1 unspecified atom stereocenters. The lowest BCUT2D eigenvalue weighted by Gasteiger charge is -2.33. The molecule has 4 heteroatoms. The molecule has 1 aliphatic rings. The van der Waals surface area contributed by atoms with Crippen molar-refractivity contribution >= 4 is 0 Å². The van der Waals surface area contributed by atoms with Crippen molar-refractivity contribution in [3.63, 3.8) is 0 Å². The highest BCUT2D eigenvalue weighted by atomic mass is 15.3. The van der Waals surface area contributed by atoms with Gasteiger partial charge in [-0.1, -0.05) is 32.6 Å². The Bertz CT molecular complexity index is 380. The SMILES string of the molecule is CCCC1CCC(C(CCc2ccnn2C)NN)CC1. The average molecular weight is 278 g/mol. The monoisotopic (exact) mass is 278 g/mol. The summed E-state index contributed by atoms with van der Waals surface area (Å²) in [7, 11) is 2.01. The standard InChI is InChI=1S/C16H30N4/c1-3-4-13-5-7-14(8-6-13)16(19-17)10-9-15-11-12-18-20(15)2/h11-14,16,19H,3-10,17H2,1-2H3. The second-order valence-electron chi connectivity index (χ2n) is 6.33. The summed E-state index contributed by atoms with van der Waals surface area (Å²) in [5.74, 6) is 7.52. The van der Waals surface area contributed by atoms with Crippen molar-refractivity contribution < 1.29 is 0 Å². The Hall–Kier alpha value is -0.870. The number of hydrazine groups is 1. The highest BCUT2D eigenvalue weighted by Gasteiger charge is 2.26. The molecule has 0 bridgehead atoms. The minimum Gasteiger partial charge on any atom is -0.273 e. The number of aryl methyl sites for hydroxylation is 2. The third kappa shape index (κ3) is 4.06. The Labute approximate surface area is 123 Å². The number of hydrogen-bond acceptors (Lipinski definition) is 3. The largest absolute Gasteiger partial charge is 0.273 e. The highest BCUT2D eigenvalue weighted by molar-refractivity contribution is 5.00. The molecule has 1 heterocycles. The van der Waals surface area contributed by atoms with E-state index in [1.807, 2.05) is 17.9 Å². The number of nitrogens with one attached hydrogen (secondary N) is 1. The van der Waals surface area contributed by atoms with E-state index in [2.05, 4.69) is 23.5 Å². The van der Waals surface area contributed by atoms with Crippen LogP contribution in [0.3, 0.4) is 0 Å². The van der Waals surface area contributed by atoms with Crippen LogP contribution in [0, 0.1) is 11.8 Å². The van der Waals surface area contributed by atoms with Crippen LogP contribution < -0.4 is 11.3 Å². The van der Waals surface area contributed by atoms with Gasteiger partial charge >= 0.3 is 0 Å². The fourth-order valence-corrected chi connectivity index (χ4v) is 3.69. The predicted molar refractivity (Wildman–Crippen MR) is 83.0 cm³/mol. The number of rotatable bonds is 7. The van der Waals surface area contributed by atoms with E-state index in [-0.39, 0.29) is 0 Å². The third-order valence-electron chi connectivity index (χ3n) is 5.01. The quantitative estimate of drug-likeness (QED) is 0.595. The first-order chi connectivity index (χ1) is 9.74. The van der Waals surface area contributed by atoms with Crippen molar-refractivity contribution in [2.45, 2.75) is 64.3 Å². The molecule has 0 amide bonds. The average Bonchev–Trinajstić information content (AvgIpc) is 2.87. The van der Waals surface area contributed by atoms with Crippen LogP contribution in [0.25, 0.3) is 0 Å². The maximum Gasteiger partial charge on any atom is 0.0492 e. The fraction of sp³-hybridized carbons (Fsp3) is 0.812. The van der Waals surface area contributed by atoms with E-state index in [0.29, 0.717) is 6.04 Å². The van der Waals surface area contributed by atoms with E-state index in [1.165, 1.54) is 44.2 Å². The summed E-state index contributed by atoms with van der Waals surface area (Å²) < 4.78 is 1.96. The van der Waals surface area contributed by atoms with Crippen LogP contribution in [0.5, 0.6) is 0 Å². The molecule has 20 heavy (non-hydrogen) atoms. The second kappa shape index (κ2) is 7.79. The lowest BCUT2D eigenvalue weighted by molar-refractivity contribution is 0.207. The van der Waals surface area contributed by atoms with Gasteiger partial charge in [0.2, 0.25) is 0 Å². The first-order valence-corrected chi connectivity index (χ1v) is 8.17. The highest BCUT2D eigenvalue weighted by Crippen LogP contribution is 2.34. The van der Waals surface area contributed by atoms with Crippen LogP contribution in [0.1, 0.15) is 57.6 Å². The molecular weight excluding hydrogens is 248 g/mol. The normalized spacial score (nSPS) is 24.8. The van der Waals surface area contributed by atoms with Gasteiger partial charge in [0, 0.05) is 25.0 Å². The molecular formula is C16H30N4. The van der Waals surface area contributed by atoms with Crippen molar-refractivity contribution in [2.24, 2.45) is 24.7 Å². The zero-order chi connectivity index (χ0) is 14.4. The smallest absolute Gasteiger partial charge is 0.0492 e. The van der Waals surface area contributed by atoms with E-state index in [9.17, 15) is 0 Å². The van der Waals surface area contributed by atoms with E-state index >= 15 is 0 Å². The van der Waals surface area contributed by atoms with Crippen LogP contribution in [-0.2, 0) is 13.5 Å². The van der Waals surface area contributed by atoms with E-state index in [4.69, 9.17) is 5.84 Å². The Balaban J connectivity index is 1.79. The maximum atomic E-state index is 5.80. The molecule has 1 aromatic heterocycles. The van der Waals surface area contributed by atoms with Crippen molar-refractivity contribution in [1.82, 2.24) is 15.2 Å². The summed E-state index contributed by atoms with van der Waals surface area (Å²) in [5, 5.41) is 4.23. The van der Waals surface area contributed by atoms with Gasteiger partial charge in [-0.2, -0.15) is 5.10 Å². The molecule has 1 saturated carbocycles. The Morgan fingerprint density at radius 1 is 1.40 bits per heavy atom. The summed E-state index contributed by atoms with van der Waals surface area (Å²) in [6.07, 6.45) is 12.2. The van der Waals surface area contributed by atoms with Crippen molar-refractivity contribution in [3.05, 3.63) is 18.0 Å². The number of nitrogens with two attached hydrogens (primary N) is 1. The molecule has 1 atom stereocenters. The molecule has 114 valence electrons. The van der Waals surface area contributed by atoms with Gasteiger partial charge < -0.3 is 0 Å². The fourth-order valence-electron chi connectivity index (χ4n) is 3.69. The summed E-state index contributed by atoms with van der Waals surface area (Å²) in [6, 6.07) is 2.55. The maximum absolute atomic E-state index is 5.80. The predicted octanol–water partition coefficient (Wildman–Crippen LogP) is 2.79. The molecule has 2 rings (SSSR count). The van der Waals surface area contributed by atoms with Crippen molar-refractivity contribution in [2.75, 3.05) is 0 Å². The molecule has 1 fully saturated rings. The van der Waals surface area contributed by atoms with Gasteiger partial charge in [0.05, 0.1) is 0 Å². The van der Waals surface area contributed by atoms with Crippen molar-refractivity contribution in [1.29, 1.82) is 0 Å². The van der Waals surface area contributed by atoms with E-state index in [1.54, 1.807) is 0 Å². The van der Waals surface area contributed by atoms with Gasteiger partial charge in [0.25, 0.3) is 0 Å². The molecule has 3 N–H and O–H groups in total. The Morgan fingerprint density at radius 3 is 2.70 bits per heavy atom. The second-order valence-corrected chi connectivity index (χ2v) is 6.33. The molecule has 0 saturated heterocycles. The Morgan fingerprint density at radius 2 is 2.15 bits per heavy atom. The first-order valence-electron chi connectivity index (χ1n) is 8.17. The van der Waals surface area contributed by atoms with E-state index in [0.717, 1.165) is 24.7 Å². The summed E-state index contributed by atoms with van der Waals surface area (Å²) in [5.41, 5.74) is 4.37. The molecule has 0 radical (unpaired) electrons. The van der Waals surface area contributed by atoms with Crippen LogP contribution in [-0.4, -0.2) is 15.8 Å². The van der Waals surface area contributed by atoms with E-state index < -0.39 is 0 Å². The zero-order valence-corrected chi connectivity index (χ0v) is 13.0. The van der Waals surface area contributed by atoms with Gasteiger partial charge in [-0.3, -0.25) is 16.0 Å². The van der Waals surface area contributed by atoms with Crippen LogP contribution in [0.4, 0.5) is 0 Å². The first kappa shape index (κ1) is 15.5. The minimum absolute atomic E-state index is 0.451. The van der Waals surface area contributed by atoms with Crippen molar-refractivity contribution in [3.8, 4) is 0 Å². The van der Waals surface area contributed by atoms with Gasteiger partial charge in [-0.15, -0.1) is 0 Å². The van der Waals surface area contributed by atoms with Gasteiger partial charge in [-0.25, -0.2) is 0 Å².